The van der Waals surface area contributed by atoms with Gasteiger partial charge in [-0.25, -0.2) is 0 Å². The molecule has 0 bridgehead atoms. The average Bonchev–Trinajstić information content (AvgIpc) is 2.73. The maximum Gasteiger partial charge on any atom is 0.282 e. The monoisotopic (exact) mass is 380 g/mol. The van der Waals surface area contributed by atoms with E-state index in [9.17, 15) is 14.4 Å². The Bertz CT molecular complexity index is 841. The van der Waals surface area contributed by atoms with Gasteiger partial charge in [0.25, 0.3) is 11.8 Å². The summed E-state index contributed by atoms with van der Waals surface area (Å²) in [6, 6.07) is 16.0. The van der Waals surface area contributed by atoms with Gasteiger partial charge in [-0.2, -0.15) is 0 Å². The number of ketones is 1. The highest BCUT2D eigenvalue weighted by Gasteiger charge is 2.31. The van der Waals surface area contributed by atoms with Crippen LogP contribution in [0.1, 0.15) is 34.6 Å². The summed E-state index contributed by atoms with van der Waals surface area (Å²) in [6.07, 6.45) is 0. The lowest BCUT2D eigenvalue weighted by Crippen LogP contribution is -3.19. The van der Waals surface area contributed by atoms with E-state index in [0.717, 1.165) is 18.0 Å². The van der Waals surface area contributed by atoms with E-state index in [-0.39, 0.29) is 23.6 Å². The Morgan fingerprint density at radius 1 is 0.929 bits per heavy atom. The summed E-state index contributed by atoms with van der Waals surface area (Å²) in [5.74, 6) is -0.0191. The molecule has 1 aliphatic heterocycles. The number of nitrogens with one attached hydrogen (secondary N) is 2. The summed E-state index contributed by atoms with van der Waals surface area (Å²) in [6.45, 7) is 6.15. The van der Waals surface area contributed by atoms with Gasteiger partial charge in [0.15, 0.2) is 11.8 Å². The van der Waals surface area contributed by atoms with Crippen molar-refractivity contribution in [2.24, 2.45) is 0 Å². The van der Waals surface area contributed by atoms with E-state index in [1.165, 1.54) is 6.92 Å². The van der Waals surface area contributed by atoms with Crippen LogP contribution in [0.3, 0.4) is 0 Å². The van der Waals surface area contributed by atoms with Gasteiger partial charge in [0.1, 0.15) is 0 Å². The van der Waals surface area contributed by atoms with Gasteiger partial charge < -0.3 is 15.1 Å². The van der Waals surface area contributed by atoms with Crippen molar-refractivity contribution in [1.29, 1.82) is 0 Å². The summed E-state index contributed by atoms with van der Waals surface area (Å²) < 4.78 is 0. The molecule has 2 aromatic carbocycles. The van der Waals surface area contributed by atoms with Crippen LogP contribution in [0.2, 0.25) is 0 Å². The van der Waals surface area contributed by atoms with E-state index in [4.69, 9.17) is 0 Å². The van der Waals surface area contributed by atoms with Crippen LogP contribution < -0.4 is 10.2 Å². The van der Waals surface area contributed by atoms with Crippen LogP contribution in [0.15, 0.2) is 54.6 Å². The molecular formula is C22H26N3O3+. The lowest BCUT2D eigenvalue weighted by molar-refractivity contribution is -0.917. The average molecular weight is 380 g/mol. The first-order valence-electron chi connectivity index (χ1n) is 9.56. The lowest BCUT2D eigenvalue weighted by Gasteiger charge is -2.34. The van der Waals surface area contributed by atoms with E-state index in [1.807, 2.05) is 42.2 Å². The standard InChI is InChI=1S/C22H25N3O3/c1-16(21(27)23-20-10-8-18(9-11-20)17(2)26)24-12-14-25(15-13-24)22(28)19-6-4-3-5-7-19/h3-11,16H,12-15H2,1-2H3,(H,23,27)/p+1/t16-/m0/s1. The van der Waals surface area contributed by atoms with Crippen molar-refractivity contribution in [3.05, 3.63) is 65.7 Å². The van der Waals surface area contributed by atoms with Gasteiger partial charge in [0.2, 0.25) is 0 Å². The normalized spacial score (nSPS) is 15.7. The van der Waals surface area contributed by atoms with Crippen molar-refractivity contribution in [1.82, 2.24) is 4.90 Å². The van der Waals surface area contributed by atoms with Crippen LogP contribution in [0.25, 0.3) is 0 Å². The first kappa shape index (κ1) is 19.8. The number of quaternary nitrogens is 1. The number of hydrogen-bond donors (Lipinski definition) is 2. The summed E-state index contributed by atoms with van der Waals surface area (Å²) in [7, 11) is 0. The second-order valence-corrected chi connectivity index (χ2v) is 7.16. The zero-order valence-corrected chi connectivity index (χ0v) is 16.3. The first-order chi connectivity index (χ1) is 13.5. The summed E-state index contributed by atoms with van der Waals surface area (Å²) in [5, 5.41) is 2.91. The molecule has 3 rings (SSSR count). The molecule has 1 heterocycles. The van der Waals surface area contributed by atoms with Crippen molar-refractivity contribution >= 4 is 23.3 Å². The number of anilines is 1. The number of amides is 2. The van der Waals surface area contributed by atoms with Crippen LogP contribution in [-0.2, 0) is 4.79 Å². The molecule has 0 aromatic heterocycles. The maximum absolute atomic E-state index is 12.6. The van der Waals surface area contributed by atoms with E-state index in [2.05, 4.69) is 5.32 Å². The Kier molecular flexibility index (Phi) is 6.21. The molecule has 28 heavy (non-hydrogen) atoms. The van der Waals surface area contributed by atoms with Crippen LogP contribution in [0.4, 0.5) is 5.69 Å². The minimum absolute atomic E-state index is 0.00129. The molecule has 6 heteroatoms. The Morgan fingerprint density at radius 2 is 1.54 bits per heavy atom. The molecule has 0 aliphatic carbocycles. The highest BCUT2D eigenvalue weighted by molar-refractivity contribution is 5.96. The number of carbonyl (C=O) groups excluding carboxylic acids is 3. The molecule has 0 radical (unpaired) electrons. The fraction of sp³-hybridized carbons (Fsp3) is 0.318. The molecule has 1 aliphatic rings. The highest BCUT2D eigenvalue weighted by Crippen LogP contribution is 2.10. The van der Waals surface area contributed by atoms with Crippen molar-refractivity contribution in [3.63, 3.8) is 0 Å². The molecule has 2 N–H and O–H groups in total. The van der Waals surface area contributed by atoms with Gasteiger partial charge in [0, 0.05) is 16.8 Å². The molecule has 6 nitrogen and oxygen atoms in total. The van der Waals surface area contributed by atoms with E-state index in [0.29, 0.717) is 29.9 Å². The highest BCUT2D eigenvalue weighted by atomic mass is 16.2. The lowest BCUT2D eigenvalue weighted by atomic mass is 10.1. The SMILES string of the molecule is CC(=O)c1ccc(NC(=O)[C@H](C)[NH+]2CCN(C(=O)c3ccccc3)CC2)cc1. The Balaban J connectivity index is 1.53. The second-order valence-electron chi connectivity index (χ2n) is 7.16. The molecule has 1 saturated heterocycles. The third kappa shape index (κ3) is 4.64. The summed E-state index contributed by atoms with van der Waals surface area (Å²) in [4.78, 5) is 39.5. The predicted octanol–water partition coefficient (Wildman–Crippen LogP) is 1.26. The van der Waals surface area contributed by atoms with E-state index in [1.54, 1.807) is 24.3 Å². The molecule has 1 fully saturated rings. The van der Waals surface area contributed by atoms with Gasteiger partial charge in [-0.1, -0.05) is 18.2 Å². The largest absolute Gasteiger partial charge is 0.327 e. The summed E-state index contributed by atoms with van der Waals surface area (Å²) >= 11 is 0. The minimum Gasteiger partial charge on any atom is -0.327 e. The minimum atomic E-state index is -0.221. The number of rotatable bonds is 5. The first-order valence-corrected chi connectivity index (χ1v) is 9.56. The van der Waals surface area contributed by atoms with Gasteiger partial charge in [-0.3, -0.25) is 14.4 Å². The number of piperazine rings is 1. The molecule has 0 saturated carbocycles. The van der Waals surface area contributed by atoms with Crippen molar-refractivity contribution in [2.75, 3.05) is 31.5 Å². The Labute approximate surface area is 165 Å². The second kappa shape index (κ2) is 8.80. The number of nitrogens with zero attached hydrogens (tertiary/aromatic N) is 1. The quantitative estimate of drug-likeness (QED) is 0.767. The van der Waals surface area contributed by atoms with Crippen molar-refractivity contribution in [2.45, 2.75) is 19.9 Å². The molecule has 146 valence electrons. The molecule has 0 spiro atoms. The predicted molar refractivity (Wildman–Crippen MR) is 108 cm³/mol. The number of benzene rings is 2. The molecule has 0 unspecified atom stereocenters. The van der Waals surface area contributed by atoms with Crippen molar-refractivity contribution in [3.8, 4) is 0 Å². The zero-order valence-electron chi connectivity index (χ0n) is 16.3. The van der Waals surface area contributed by atoms with Gasteiger partial charge >= 0.3 is 0 Å². The third-order valence-corrected chi connectivity index (χ3v) is 5.28. The number of Topliss-reactive ketones (excluding diaryl/α,β-unsaturated/α-hetero) is 1. The number of carbonyl (C=O) groups is 3. The zero-order chi connectivity index (χ0) is 20.1. The van der Waals surface area contributed by atoms with Gasteiger partial charge in [-0.15, -0.1) is 0 Å². The molecule has 2 aromatic rings. The summed E-state index contributed by atoms with van der Waals surface area (Å²) in [5.41, 5.74) is 2.00. The van der Waals surface area contributed by atoms with Crippen LogP contribution in [-0.4, -0.2) is 54.7 Å². The topological polar surface area (TPSA) is 70.9 Å². The fourth-order valence-electron chi connectivity index (χ4n) is 3.42. The Hall–Kier alpha value is -2.99. The molecular weight excluding hydrogens is 354 g/mol. The van der Waals surface area contributed by atoms with Crippen LogP contribution in [0.5, 0.6) is 0 Å². The van der Waals surface area contributed by atoms with E-state index >= 15 is 0 Å². The van der Waals surface area contributed by atoms with Crippen LogP contribution >= 0.6 is 0 Å². The maximum atomic E-state index is 12.6. The molecule has 1 atom stereocenters. The van der Waals surface area contributed by atoms with Gasteiger partial charge in [-0.05, 0) is 50.2 Å². The fourth-order valence-corrected chi connectivity index (χ4v) is 3.42. The number of hydrogen-bond acceptors (Lipinski definition) is 3. The molecule has 2 amide bonds. The van der Waals surface area contributed by atoms with Gasteiger partial charge in [0.05, 0.1) is 26.2 Å². The van der Waals surface area contributed by atoms with E-state index < -0.39 is 0 Å². The Morgan fingerprint density at radius 3 is 2.11 bits per heavy atom. The van der Waals surface area contributed by atoms with Crippen LogP contribution in [0, 0.1) is 0 Å². The van der Waals surface area contributed by atoms with Crippen molar-refractivity contribution < 1.29 is 19.3 Å². The smallest absolute Gasteiger partial charge is 0.282 e. The third-order valence-electron chi connectivity index (χ3n) is 5.28.